The Morgan fingerprint density at radius 1 is 0.625 bits per heavy atom. The number of para-hydroxylation sites is 2. The third-order valence-electron chi connectivity index (χ3n) is 24.1. The summed E-state index contributed by atoms with van der Waals surface area (Å²) in [5, 5.41) is 16.4. The average Bonchev–Trinajstić information content (AvgIpc) is 1.66. The number of fused-ring (bicyclic) bond motifs is 10. The van der Waals surface area contributed by atoms with E-state index in [2.05, 4.69) is 78.8 Å². The minimum Gasteiger partial charge on any atom is -0.450 e. The molecular weight excluding hydrogens is 1100 g/mol. The summed E-state index contributed by atoms with van der Waals surface area (Å²) >= 11 is 0. The number of rotatable bonds is 6. The maximum atomic E-state index is 12.9. The summed E-state index contributed by atoms with van der Waals surface area (Å²) < 4.78 is 11.0. The number of carbonyl (C=O) groups excluding carboxylic acids is 4. The van der Waals surface area contributed by atoms with E-state index >= 15 is 0 Å². The van der Waals surface area contributed by atoms with E-state index in [0.717, 1.165) is 170 Å². The van der Waals surface area contributed by atoms with Gasteiger partial charge in [0.25, 0.3) is 0 Å². The molecule has 15 heteroatoms. The monoisotopic (exact) mass is 1190 g/mol. The van der Waals surface area contributed by atoms with Crippen LogP contribution in [-0.2, 0) is 35.3 Å². The highest BCUT2D eigenvalue weighted by molar-refractivity contribution is 6.06. The lowest BCUT2D eigenvalue weighted by molar-refractivity contribution is -0.123. The van der Waals surface area contributed by atoms with Crippen molar-refractivity contribution in [2.45, 2.75) is 195 Å². The van der Waals surface area contributed by atoms with Crippen LogP contribution in [-0.4, -0.2) is 157 Å². The first-order valence-corrected chi connectivity index (χ1v) is 34.2. The Hall–Kier alpha value is -6.47. The first-order valence-electron chi connectivity index (χ1n) is 34.2. The number of nitrogens with zero attached hydrogens (tertiary/aromatic N) is 7. The minimum absolute atomic E-state index is 0.0605. The fraction of sp³-hybridized carbons (Fsp3) is 0.603. The first kappa shape index (κ1) is 59.2. The van der Waals surface area contributed by atoms with Crippen LogP contribution in [0.5, 0.6) is 0 Å². The lowest BCUT2D eigenvalue weighted by Crippen LogP contribution is -2.56. The lowest BCUT2D eigenvalue weighted by Gasteiger charge is -2.46. The molecule has 2 N–H and O–H groups in total. The molecule has 0 radical (unpaired) electrons. The van der Waals surface area contributed by atoms with Gasteiger partial charge in [-0.25, -0.2) is 9.59 Å². The number of ether oxygens (including phenoxy) is 2. The van der Waals surface area contributed by atoms with Crippen molar-refractivity contribution in [2.75, 3.05) is 87.6 Å². The van der Waals surface area contributed by atoms with Gasteiger partial charge in [0.2, 0.25) is 11.8 Å². The lowest BCUT2D eigenvalue weighted by atomic mass is 9.73. The quantitative estimate of drug-likeness (QED) is 0.190. The molecule has 5 atom stereocenters. The second kappa shape index (κ2) is 24.7. The van der Waals surface area contributed by atoms with Crippen LogP contribution in [0.15, 0.2) is 91.0 Å². The summed E-state index contributed by atoms with van der Waals surface area (Å²) in [6.07, 6.45) is 23.1. The van der Waals surface area contributed by atoms with E-state index in [1.165, 1.54) is 81.3 Å². The Morgan fingerprint density at radius 3 is 1.95 bits per heavy atom. The molecule has 5 unspecified atom stereocenters. The molecule has 6 saturated heterocycles. The SMILES string of the molecule is CCOC(=O)N1CCC(N2CCC3(CC2)CN(C(C)=O)c2ccc(-c4ccccc4C#N)cc23)CC1.O=C(OC1CCCC1)N1C2CCC1CC(N1CCC3(CC1)C(=O)Nc1ccccc13)C2.c1ccc2c(c1)NCC21CCN(C2CC3CCC2C3)CC1. The van der Waals surface area contributed by atoms with Gasteiger partial charge in [-0.1, -0.05) is 67.1 Å². The number of nitrogens with one attached hydrogen (secondary N) is 2. The standard InChI is InChI=1S/C29H34N4O3.C25H33N3O3.C19H26N2/c1-3-36-28(35)32-14-10-24(11-15-32)31-16-12-29(13-17-31)20-33(21(2)34)27-9-8-22(18-26(27)29)25-7-5-4-6-23(25)19-30;29-23-25(21-7-3-4-8-22(21)26-23)11-13-27(14-12-25)19-15-17-9-10-18(16-19)28(17)24(30)31-20-5-1-2-6-20;1-2-4-17-16(3-1)19(13-20-17)7-9-21(10-8-19)18-12-14-5-6-15(18)11-14/h4-9,18,24H,3,10-17,20H2,1-2H3;3-4,7-8,17-20H,1-2,5-6,9-16H2,(H,26,29);1-4,14-15,18,20H,5-13H2. The molecule has 15 nitrogen and oxygen atoms in total. The fourth-order valence-electron chi connectivity index (χ4n) is 19.3. The van der Waals surface area contributed by atoms with Crippen molar-refractivity contribution in [3.63, 3.8) is 0 Å². The molecule has 9 heterocycles. The second-order valence-corrected chi connectivity index (χ2v) is 28.5. The number of amides is 4. The summed E-state index contributed by atoms with van der Waals surface area (Å²) in [5.74, 6) is 2.37. The average molecular weight is 1190 g/mol. The minimum atomic E-state index is -0.349. The number of anilines is 3. The van der Waals surface area contributed by atoms with Gasteiger partial charge in [0.1, 0.15) is 6.10 Å². The smallest absolute Gasteiger partial charge is 0.410 e. The van der Waals surface area contributed by atoms with E-state index in [-0.39, 0.29) is 40.9 Å². The summed E-state index contributed by atoms with van der Waals surface area (Å²) in [6, 6.07) is 36.1. The zero-order valence-corrected chi connectivity index (χ0v) is 52.3. The van der Waals surface area contributed by atoms with Crippen LogP contribution in [0.3, 0.4) is 0 Å². The van der Waals surface area contributed by atoms with Gasteiger partial charge in [-0.05, 0) is 238 Å². The molecule has 9 fully saturated rings. The Balaban J connectivity index is 0.000000119. The Morgan fingerprint density at radius 2 is 1.27 bits per heavy atom. The van der Waals surface area contributed by atoms with Crippen LogP contribution >= 0.6 is 0 Å². The molecule has 16 rings (SSSR count). The summed E-state index contributed by atoms with van der Waals surface area (Å²) in [4.78, 5) is 64.3. The van der Waals surface area contributed by atoms with Crippen LogP contribution in [0.2, 0.25) is 0 Å². The second-order valence-electron chi connectivity index (χ2n) is 28.5. The molecule has 9 aliphatic heterocycles. The highest BCUT2D eigenvalue weighted by Crippen LogP contribution is 2.52. The number of piperidine rings is 5. The highest BCUT2D eigenvalue weighted by Gasteiger charge is 2.53. The van der Waals surface area contributed by atoms with Crippen LogP contribution in [0.1, 0.15) is 165 Å². The van der Waals surface area contributed by atoms with Crippen LogP contribution < -0.4 is 15.5 Å². The Labute approximate surface area is 521 Å². The predicted octanol–water partition coefficient (Wildman–Crippen LogP) is 12.2. The van der Waals surface area contributed by atoms with Gasteiger partial charge in [0.05, 0.1) is 23.7 Å². The number of benzene rings is 4. The molecule has 4 bridgehead atoms. The normalized spacial score (nSPS) is 28.2. The van der Waals surface area contributed by atoms with E-state index in [1.807, 2.05) is 65.3 Å². The van der Waals surface area contributed by atoms with Crippen molar-refractivity contribution in [3.8, 4) is 17.2 Å². The largest absolute Gasteiger partial charge is 0.450 e. The third kappa shape index (κ3) is 11.1. The van der Waals surface area contributed by atoms with E-state index in [4.69, 9.17) is 9.47 Å². The van der Waals surface area contributed by atoms with Gasteiger partial charge in [-0.3, -0.25) is 9.59 Å². The van der Waals surface area contributed by atoms with E-state index in [1.54, 1.807) is 12.5 Å². The van der Waals surface area contributed by atoms with Gasteiger partial charge in [0, 0.05) is 91.2 Å². The zero-order valence-electron chi connectivity index (χ0n) is 52.3. The van der Waals surface area contributed by atoms with Crippen LogP contribution in [0.25, 0.3) is 11.1 Å². The molecule has 4 aromatic carbocycles. The summed E-state index contributed by atoms with van der Waals surface area (Å²) in [7, 11) is 0. The Kier molecular flexibility index (Phi) is 16.6. The molecule has 466 valence electrons. The number of hydrogen-bond acceptors (Lipinski definition) is 11. The van der Waals surface area contributed by atoms with Gasteiger partial charge in [-0.15, -0.1) is 0 Å². The van der Waals surface area contributed by atoms with Gasteiger partial charge >= 0.3 is 12.2 Å². The molecule has 3 spiro atoms. The number of carbonyl (C=O) groups is 4. The molecular formula is C73H93N9O6. The van der Waals surface area contributed by atoms with E-state index in [9.17, 15) is 24.4 Å². The molecule has 88 heavy (non-hydrogen) atoms. The van der Waals surface area contributed by atoms with Crippen molar-refractivity contribution in [1.29, 1.82) is 5.26 Å². The van der Waals surface area contributed by atoms with Gasteiger partial charge in [-0.2, -0.15) is 5.26 Å². The fourth-order valence-corrected chi connectivity index (χ4v) is 19.3. The summed E-state index contributed by atoms with van der Waals surface area (Å²) in [5.41, 5.74) is 10.1. The van der Waals surface area contributed by atoms with Crippen molar-refractivity contribution in [1.82, 2.24) is 24.5 Å². The highest BCUT2D eigenvalue weighted by atomic mass is 16.6. The van der Waals surface area contributed by atoms with Crippen molar-refractivity contribution < 1.29 is 28.7 Å². The maximum absolute atomic E-state index is 12.9. The summed E-state index contributed by atoms with van der Waals surface area (Å²) in [6.45, 7) is 13.8. The van der Waals surface area contributed by atoms with Crippen molar-refractivity contribution in [3.05, 3.63) is 113 Å². The zero-order chi connectivity index (χ0) is 60.2. The number of hydrogen-bond donors (Lipinski definition) is 2. The van der Waals surface area contributed by atoms with Crippen molar-refractivity contribution in [2.24, 2.45) is 11.8 Å². The first-order chi connectivity index (χ1) is 42.9. The number of nitriles is 1. The molecule has 4 aromatic rings. The van der Waals surface area contributed by atoms with Crippen molar-refractivity contribution >= 4 is 41.1 Å². The molecule has 3 saturated carbocycles. The van der Waals surface area contributed by atoms with Gasteiger partial charge in [0.15, 0.2) is 0 Å². The molecule has 12 aliphatic rings. The maximum Gasteiger partial charge on any atom is 0.410 e. The van der Waals surface area contributed by atoms with Crippen LogP contribution in [0.4, 0.5) is 26.7 Å². The Bertz CT molecular complexity index is 3250. The van der Waals surface area contributed by atoms with Gasteiger partial charge < -0.3 is 49.5 Å². The predicted molar refractivity (Wildman–Crippen MR) is 343 cm³/mol. The topological polar surface area (TPSA) is 154 Å². The molecule has 3 aliphatic carbocycles. The third-order valence-corrected chi connectivity index (χ3v) is 24.1. The molecule has 4 amide bonds. The van der Waals surface area contributed by atoms with Crippen LogP contribution in [0, 0.1) is 23.2 Å². The molecule has 0 aromatic heterocycles. The van der Waals surface area contributed by atoms with E-state index < -0.39 is 0 Å². The van der Waals surface area contributed by atoms with E-state index in [0.29, 0.717) is 41.8 Å². The number of likely N-dealkylation sites (tertiary alicyclic amines) is 4.